The van der Waals surface area contributed by atoms with E-state index in [0.29, 0.717) is 0 Å². The summed E-state index contributed by atoms with van der Waals surface area (Å²) < 4.78 is 1.40. The Morgan fingerprint density at radius 2 is 1.35 bits per heavy atom. The minimum atomic E-state index is -0.0359. The third-order valence-electron chi connectivity index (χ3n) is 2.50. The summed E-state index contributed by atoms with van der Waals surface area (Å²) in [4.78, 5) is 11.0. The van der Waals surface area contributed by atoms with Crippen LogP contribution in [0, 0.1) is 6.92 Å². The second-order valence-electron chi connectivity index (χ2n) is 3.98. The van der Waals surface area contributed by atoms with Gasteiger partial charge in [-0.05, 0) is 0 Å². The number of carbonyl (C=O) groups excluding carboxylic acids is 1. The van der Waals surface area contributed by atoms with Crippen LogP contribution in [0.2, 0.25) is 0 Å². The summed E-state index contributed by atoms with van der Waals surface area (Å²) >= 11 is -0.0359. The van der Waals surface area contributed by atoms with E-state index in [1.54, 1.807) is 6.92 Å². The van der Waals surface area contributed by atoms with Crippen molar-refractivity contribution in [2.75, 3.05) is 0 Å². The van der Waals surface area contributed by atoms with Gasteiger partial charge >= 0.3 is 108 Å². The van der Waals surface area contributed by atoms with Crippen molar-refractivity contribution in [1.29, 1.82) is 0 Å². The number of benzene rings is 2. The molecule has 1 nitrogen and oxygen atoms in total. The molecule has 0 aliphatic heterocycles. The summed E-state index contributed by atoms with van der Waals surface area (Å²) in [7, 11) is 0. The molecule has 0 bridgehead atoms. The van der Waals surface area contributed by atoms with Crippen molar-refractivity contribution < 1.29 is 4.79 Å². The molecule has 2 heteroatoms. The Labute approximate surface area is 108 Å². The zero-order valence-electron chi connectivity index (χ0n) is 9.94. The summed E-state index contributed by atoms with van der Waals surface area (Å²) in [5, 5.41) is 0. The Hall–Kier alpha value is -1.37. The van der Waals surface area contributed by atoms with Gasteiger partial charge < -0.3 is 0 Å². The molecule has 2 aromatic rings. The molecule has 0 spiro atoms. The van der Waals surface area contributed by atoms with Crippen LogP contribution in [0.3, 0.4) is 0 Å². The predicted molar refractivity (Wildman–Crippen MR) is 72.7 cm³/mol. The Kier molecular flexibility index (Phi) is 3.78. The first-order valence-electron chi connectivity index (χ1n) is 5.51. The van der Waals surface area contributed by atoms with Crippen molar-refractivity contribution in [1.82, 2.24) is 0 Å². The second kappa shape index (κ2) is 5.31. The number of carbonyl (C=O) groups is 1. The first kappa shape index (κ1) is 12.1. The molecule has 0 aliphatic carbocycles. The Morgan fingerprint density at radius 3 is 1.82 bits per heavy atom. The van der Waals surface area contributed by atoms with Crippen LogP contribution in [-0.2, 0) is 4.79 Å². The molecule has 2 rings (SSSR count). The molecule has 0 unspecified atom stereocenters. The van der Waals surface area contributed by atoms with Crippen molar-refractivity contribution >= 4 is 24.1 Å². The van der Waals surface area contributed by atoms with E-state index in [1.807, 2.05) is 0 Å². The molecule has 0 aliphatic rings. The van der Waals surface area contributed by atoms with E-state index in [-0.39, 0.29) is 19.6 Å². The zero-order valence-corrected chi connectivity index (χ0v) is 11.6. The van der Waals surface area contributed by atoms with E-state index in [4.69, 9.17) is 0 Å². The molecule has 2 aromatic carbocycles. The van der Waals surface area contributed by atoms with E-state index >= 15 is 0 Å². The van der Waals surface area contributed by atoms with Crippen molar-refractivity contribution in [2.24, 2.45) is 0 Å². The van der Waals surface area contributed by atoms with Gasteiger partial charge in [-0.15, -0.1) is 0 Å². The average Bonchev–Trinajstić information content (AvgIpc) is 2.30. The second-order valence-corrected chi connectivity index (χ2v) is 6.61. The van der Waals surface area contributed by atoms with Crippen LogP contribution in [0.25, 0.3) is 11.1 Å². The third kappa shape index (κ3) is 3.29. The van der Waals surface area contributed by atoms with E-state index < -0.39 is 0 Å². The number of aryl methyl sites for hydroxylation is 1. The van der Waals surface area contributed by atoms with Crippen LogP contribution >= 0.6 is 0 Å². The van der Waals surface area contributed by atoms with Crippen LogP contribution in [-0.4, -0.2) is 19.6 Å². The van der Waals surface area contributed by atoms with Crippen LogP contribution in [0.5, 0.6) is 0 Å². The molecular formula is C15H14OSe. The molecule has 0 N–H and O–H groups in total. The number of hydrogen-bond acceptors (Lipinski definition) is 1. The summed E-state index contributed by atoms with van der Waals surface area (Å²) in [5.41, 5.74) is 3.69. The van der Waals surface area contributed by atoms with E-state index in [0.717, 1.165) is 4.46 Å². The molecule has 17 heavy (non-hydrogen) atoms. The maximum absolute atomic E-state index is 11.0. The van der Waals surface area contributed by atoms with Crippen LogP contribution in [0.15, 0.2) is 48.5 Å². The Bertz CT molecular complexity index is 512. The van der Waals surface area contributed by atoms with Crippen molar-refractivity contribution in [2.45, 2.75) is 13.8 Å². The molecule has 0 fully saturated rings. The normalized spacial score (nSPS) is 10.2. The first-order chi connectivity index (χ1) is 8.15. The van der Waals surface area contributed by atoms with Crippen LogP contribution < -0.4 is 4.46 Å². The third-order valence-corrected chi connectivity index (χ3v) is 4.17. The standard InChI is InChI=1S/C15H14OSe/c1-11-3-5-13(6-4-11)14-7-9-15(10-8-14)17-12(2)16/h3-10H,1-2H3. The van der Waals surface area contributed by atoms with Crippen LogP contribution in [0.4, 0.5) is 0 Å². The first-order valence-corrected chi connectivity index (χ1v) is 7.22. The van der Waals surface area contributed by atoms with Gasteiger partial charge in [-0.2, -0.15) is 0 Å². The van der Waals surface area contributed by atoms with Crippen molar-refractivity contribution in [3.63, 3.8) is 0 Å². The van der Waals surface area contributed by atoms with Crippen molar-refractivity contribution in [3.8, 4) is 11.1 Å². The zero-order chi connectivity index (χ0) is 12.3. The fraction of sp³-hybridized carbons (Fsp3) is 0.133. The maximum atomic E-state index is 11.0. The predicted octanol–water partition coefficient (Wildman–Crippen LogP) is 2.54. The molecule has 86 valence electrons. The molecular weight excluding hydrogens is 275 g/mol. The van der Waals surface area contributed by atoms with E-state index in [2.05, 4.69) is 55.5 Å². The van der Waals surface area contributed by atoms with Gasteiger partial charge in [0.15, 0.2) is 0 Å². The van der Waals surface area contributed by atoms with E-state index in [9.17, 15) is 4.79 Å². The van der Waals surface area contributed by atoms with Gasteiger partial charge in [0.05, 0.1) is 0 Å². The topological polar surface area (TPSA) is 17.1 Å². The number of rotatable bonds is 3. The molecule has 0 saturated carbocycles. The summed E-state index contributed by atoms with van der Waals surface area (Å²) in [6.45, 7) is 3.73. The molecule has 0 saturated heterocycles. The molecule has 0 radical (unpaired) electrons. The van der Waals surface area contributed by atoms with Gasteiger partial charge in [-0.1, -0.05) is 0 Å². The fourth-order valence-electron chi connectivity index (χ4n) is 1.63. The monoisotopic (exact) mass is 290 g/mol. The van der Waals surface area contributed by atoms with Crippen molar-refractivity contribution in [3.05, 3.63) is 54.1 Å². The average molecular weight is 289 g/mol. The molecule has 0 amide bonds. The molecule has 0 aromatic heterocycles. The fourth-order valence-corrected chi connectivity index (χ4v) is 2.89. The van der Waals surface area contributed by atoms with Gasteiger partial charge in [0.25, 0.3) is 0 Å². The van der Waals surface area contributed by atoms with Gasteiger partial charge in [-0.3, -0.25) is 0 Å². The summed E-state index contributed by atoms with van der Waals surface area (Å²) in [6, 6.07) is 16.8. The van der Waals surface area contributed by atoms with Gasteiger partial charge in [-0.25, -0.2) is 0 Å². The molecule has 0 heterocycles. The quantitative estimate of drug-likeness (QED) is 0.794. The summed E-state index contributed by atoms with van der Waals surface area (Å²) in [6.07, 6.45) is 0. The van der Waals surface area contributed by atoms with E-state index in [1.165, 1.54) is 16.7 Å². The van der Waals surface area contributed by atoms with Gasteiger partial charge in [0, 0.05) is 0 Å². The van der Waals surface area contributed by atoms with Gasteiger partial charge in [0.1, 0.15) is 0 Å². The minimum absolute atomic E-state index is 0.0359. The van der Waals surface area contributed by atoms with Gasteiger partial charge in [0.2, 0.25) is 0 Å². The number of hydrogen-bond donors (Lipinski definition) is 0. The SMILES string of the molecule is CC(=O)[Se]c1ccc(-c2ccc(C)cc2)cc1. The molecule has 0 atom stereocenters. The Morgan fingerprint density at radius 1 is 0.882 bits per heavy atom. The summed E-state index contributed by atoms with van der Waals surface area (Å²) in [5.74, 6) is 0. The van der Waals surface area contributed by atoms with Crippen LogP contribution in [0.1, 0.15) is 12.5 Å². The Balaban J connectivity index is 2.23.